The summed E-state index contributed by atoms with van der Waals surface area (Å²) >= 11 is 1.89. The van der Waals surface area contributed by atoms with Crippen LogP contribution in [0.4, 0.5) is 0 Å². The van der Waals surface area contributed by atoms with Crippen molar-refractivity contribution >= 4 is 85.9 Å². The number of nitrogens with zero attached hydrogens (tertiary/aromatic N) is 2. The third-order valence-corrected chi connectivity index (χ3v) is 11.5. The first-order valence-corrected chi connectivity index (χ1v) is 17.6. The van der Waals surface area contributed by atoms with Crippen LogP contribution in [0.1, 0.15) is 0 Å². The first-order chi connectivity index (χ1) is 24.3. The molecule has 0 N–H and O–H groups in total. The van der Waals surface area contributed by atoms with Gasteiger partial charge < -0.3 is 9.13 Å². The Hall–Kier alpha value is -6.16. The van der Waals surface area contributed by atoms with Crippen molar-refractivity contribution in [3.63, 3.8) is 0 Å². The van der Waals surface area contributed by atoms with E-state index in [1.54, 1.807) is 0 Å². The van der Waals surface area contributed by atoms with Gasteiger partial charge in [0.25, 0.3) is 0 Å². The minimum Gasteiger partial charge on any atom is -0.309 e. The van der Waals surface area contributed by atoms with Crippen LogP contribution < -0.4 is 0 Å². The molecule has 0 spiro atoms. The summed E-state index contributed by atoms with van der Waals surface area (Å²) < 4.78 is 7.55. The molecule has 8 aromatic carbocycles. The van der Waals surface area contributed by atoms with Crippen LogP contribution in [0.25, 0.3) is 97.1 Å². The van der Waals surface area contributed by atoms with Gasteiger partial charge in [-0.15, -0.1) is 11.3 Å². The zero-order valence-electron chi connectivity index (χ0n) is 26.5. The molecule has 0 aliphatic carbocycles. The van der Waals surface area contributed by atoms with E-state index in [2.05, 4.69) is 179 Å². The van der Waals surface area contributed by atoms with Gasteiger partial charge in [-0.3, -0.25) is 0 Å². The summed E-state index contributed by atoms with van der Waals surface area (Å²) in [4.78, 5) is 0. The van der Waals surface area contributed by atoms with Crippen molar-refractivity contribution in [3.05, 3.63) is 170 Å². The molecule has 0 unspecified atom stereocenters. The van der Waals surface area contributed by atoms with E-state index in [0.29, 0.717) is 0 Å². The van der Waals surface area contributed by atoms with Crippen LogP contribution in [0.5, 0.6) is 0 Å². The summed E-state index contributed by atoms with van der Waals surface area (Å²) in [6.07, 6.45) is 0. The normalized spacial score (nSPS) is 12.1. The van der Waals surface area contributed by atoms with Gasteiger partial charge in [-0.25, -0.2) is 0 Å². The fourth-order valence-corrected chi connectivity index (χ4v) is 9.46. The second-order valence-electron chi connectivity index (χ2n) is 12.9. The molecule has 0 bridgehead atoms. The molecule has 49 heavy (non-hydrogen) atoms. The van der Waals surface area contributed by atoms with Gasteiger partial charge in [0.15, 0.2) is 0 Å². The lowest BCUT2D eigenvalue weighted by atomic mass is 10.0. The zero-order valence-corrected chi connectivity index (χ0v) is 27.3. The van der Waals surface area contributed by atoms with Crippen LogP contribution in [-0.4, -0.2) is 9.13 Å². The SMILES string of the molecule is c1ccc(-n2c3ccccc3c3c4ccc5c6ccccc6n(-c6ccc(-c7cccc8c7sc7ccccc78)cc6)c5c4ccc32)cc1. The predicted octanol–water partition coefficient (Wildman–Crippen LogP) is 13.1. The summed E-state index contributed by atoms with van der Waals surface area (Å²) in [5.41, 5.74) is 9.78. The summed E-state index contributed by atoms with van der Waals surface area (Å²) in [5.74, 6) is 0. The van der Waals surface area contributed by atoms with Crippen LogP contribution in [0, 0.1) is 0 Å². The first kappa shape index (κ1) is 26.9. The average Bonchev–Trinajstić information content (AvgIpc) is 3.83. The monoisotopic (exact) mass is 640 g/mol. The van der Waals surface area contributed by atoms with E-state index in [0.717, 1.165) is 5.69 Å². The molecule has 0 atom stereocenters. The Labute approximate surface area is 286 Å². The molecule has 3 aromatic heterocycles. The molecular weight excluding hydrogens is 613 g/mol. The van der Waals surface area contributed by atoms with Gasteiger partial charge in [-0.1, -0.05) is 121 Å². The van der Waals surface area contributed by atoms with Gasteiger partial charge in [0.1, 0.15) is 0 Å². The Bertz CT molecular complexity index is 3090. The number of rotatable bonds is 3. The number of hydrogen-bond acceptors (Lipinski definition) is 1. The smallest absolute Gasteiger partial charge is 0.0619 e. The van der Waals surface area contributed by atoms with Crippen LogP contribution in [0.15, 0.2) is 170 Å². The van der Waals surface area contributed by atoms with E-state index < -0.39 is 0 Å². The number of aromatic nitrogens is 2. The van der Waals surface area contributed by atoms with Gasteiger partial charge in [-0.05, 0) is 65.0 Å². The molecule has 0 aliphatic heterocycles. The Morgan fingerprint density at radius 3 is 1.80 bits per heavy atom. The fourth-order valence-electron chi connectivity index (χ4n) is 8.22. The maximum Gasteiger partial charge on any atom is 0.0619 e. The Morgan fingerprint density at radius 2 is 0.959 bits per heavy atom. The third kappa shape index (κ3) is 3.76. The molecule has 0 amide bonds. The number of hydrogen-bond donors (Lipinski definition) is 0. The van der Waals surface area contributed by atoms with Crippen molar-refractivity contribution in [2.75, 3.05) is 0 Å². The minimum absolute atomic E-state index is 1.16. The standard InChI is InChI=1S/C46H28N2S/c1-2-11-30(12-3-1)47-41-19-8-5-15-39(41)44-35-25-26-36-33-13-4-7-18-40(33)48(45(36)37(35)27-28-42(44)47)31-23-21-29(22-24-31)32-16-10-17-38-34-14-6-9-20-43(34)49-46(32)38/h1-28H. The second-order valence-corrected chi connectivity index (χ2v) is 13.9. The molecule has 2 nitrogen and oxygen atoms in total. The van der Waals surface area contributed by atoms with Crippen molar-refractivity contribution in [2.45, 2.75) is 0 Å². The maximum absolute atomic E-state index is 2.47. The Balaban J connectivity index is 1.17. The van der Waals surface area contributed by atoms with Gasteiger partial charge >= 0.3 is 0 Å². The van der Waals surface area contributed by atoms with E-state index in [1.165, 1.54) is 91.4 Å². The molecule has 11 rings (SSSR count). The average molecular weight is 641 g/mol. The molecule has 3 heterocycles. The van der Waals surface area contributed by atoms with Gasteiger partial charge in [-0.2, -0.15) is 0 Å². The van der Waals surface area contributed by atoms with E-state index >= 15 is 0 Å². The lowest BCUT2D eigenvalue weighted by Gasteiger charge is -2.12. The molecule has 11 aromatic rings. The minimum atomic E-state index is 1.16. The van der Waals surface area contributed by atoms with Gasteiger partial charge in [0.2, 0.25) is 0 Å². The molecule has 0 aliphatic rings. The number of fused-ring (bicyclic) bond motifs is 12. The lowest BCUT2D eigenvalue weighted by molar-refractivity contribution is 1.18. The molecule has 228 valence electrons. The fraction of sp³-hybridized carbons (Fsp3) is 0. The Kier molecular flexibility index (Phi) is 5.57. The molecule has 0 fully saturated rings. The highest BCUT2D eigenvalue weighted by atomic mass is 32.1. The van der Waals surface area contributed by atoms with Crippen molar-refractivity contribution in [1.29, 1.82) is 0 Å². The third-order valence-electron chi connectivity index (χ3n) is 10.3. The highest BCUT2D eigenvalue weighted by molar-refractivity contribution is 7.26. The summed E-state index contributed by atoms with van der Waals surface area (Å²) in [7, 11) is 0. The van der Waals surface area contributed by atoms with Crippen molar-refractivity contribution < 1.29 is 0 Å². The topological polar surface area (TPSA) is 9.86 Å². The van der Waals surface area contributed by atoms with Crippen LogP contribution in [0.3, 0.4) is 0 Å². The summed E-state index contributed by atoms with van der Waals surface area (Å²) in [5, 5.41) is 10.3. The van der Waals surface area contributed by atoms with Gasteiger partial charge in [0.05, 0.1) is 22.1 Å². The van der Waals surface area contributed by atoms with Crippen LogP contribution in [0.2, 0.25) is 0 Å². The lowest BCUT2D eigenvalue weighted by Crippen LogP contribution is -1.95. The molecule has 0 saturated carbocycles. The first-order valence-electron chi connectivity index (χ1n) is 16.8. The molecular formula is C46H28N2S. The highest BCUT2D eigenvalue weighted by Gasteiger charge is 2.20. The second kappa shape index (κ2) is 10.2. The predicted molar refractivity (Wildman–Crippen MR) is 211 cm³/mol. The van der Waals surface area contributed by atoms with E-state index in [-0.39, 0.29) is 0 Å². The van der Waals surface area contributed by atoms with Crippen molar-refractivity contribution in [1.82, 2.24) is 9.13 Å². The summed E-state index contributed by atoms with van der Waals surface area (Å²) in [6, 6.07) is 62.3. The van der Waals surface area contributed by atoms with E-state index in [9.17, 15) is 0 Å². The van der Waals surface area contributed by atoms with Crippen LogP contribution >= 0.6 is 11.3 Å². The molecule has 0 saturated heterocycles. The molecule has 3 heteroatoms. The number of para-hydroxylation sites is 3. The quantitative estimate of drug-likeness (QED) is 0.182. The largest absolute Gasteiger partial charge is 0.309 e. The molecule has 0 radical (unpaired) electrons. The Morgan fingerprint density at radius 1 is 0.347 bits per heavy atom. The summed E-state index contributed by atoms with van der Waals surface area (Å²) in [6.45, 7) is 0. The zero-order chi connectivity index (χ0) is 32.1. The van der Waals surface area contributed by atoms with Crippen LogP contribution in [-0.2, 0) is 0 Å². The maximum atomic E-state index is 2.47. The number of thiophene rings is 1. The number of benzene rings is 8. The highest BCUT2D eigenvalue weighted by Crippen LogP contribution is 2.43. The van der Waals surface area contributed by atoms with Crippen molar-refractivity contribution in [3.8, 4) is 22.5 Å². The van der Waals surface area contributed by atoms with Crippen molar-refractivity contribution in [2.24, 2.45) is 0 Å². The van der Waals surface area contributed by atoms with E-state index in [4.69, 9.17) is 0 Å². The van der Waals surface area contributed by atoms with Gasteiger partial charge in [0, 0.05) is 58.5 Å². The van der Waals surface area contributed by atoms with E-state index in [1.807, 2.05) is 11.3 Å².